The maximum atomic E-state index is 6.13. The minimum atomic E-state index is 0.580. The molecular weight excluding hydrogens is 310 g/mol. The molecule has 2 heterocycles. The number of benzene rings is 1. The maximum absolute atomic E-state index is 6.13. The third-order valence-corrected chi connectivity index (χ3v) is 3.53. The van der Waals surface area contributed by atoms with E-state index in [1.807, 2.05) is 61.5 Å². The van der Waals surface area contributed by atoms with Gasteiger partial charge in [0.05, 0.1) is 5.69 Å². The van der Waals surface area contributed by atoms with Crippen molar-refractivity contribution in [2.45, 2.75) is 6.92 Å². The Bertz CT molecular complexity index is 854. The zero-order valence-corrected chi connectivity index (χ0v) is 13.2. The van der Waals surface area contributed by atoms with E-state index in [0.717, 1.165) is 11.3 Å². The van der Waals surface area contributed by atoms with Crippen molar-refractivity contribution < 1.29 is 4.52 Å². The van der Waals surface area contributed by atoms with Gasteiger partial charge in [0.15, 0.2) is 5.76 Å². The Morgan fingerprint density at radius 2 is 1.91 bits per heavy atom. The fourth-order valence-electron chi connectivity index (χ4n) is 2.00. The molecule has 0 unspecified atom stereocenters. The smallest absolute Gasteiger partial charge is 0.185 e. The zero-order valence-electron chi connectivity index (χ0n) is 12.5. The fraction of sp³-hybridized carbons (Fsp3) is 0.0556. The van der Waals surface area contributed by atoms with Crippen LogP contribution in [0.2, 0.25) is 5.02 Å². The minimum absolute atomic E-state index is 0.580. The van der Waals surface area contributed by atoms with Gasteiger partial charge in [-0.2, -0.15) is 0 Å². The molecule has 0 spiro atoms. The van der Waals surface area contributed by atoms with Gasteiger partial charge in [0.2, 0.25) is 0 Å². The zero-order chi connectivity index (χ0) is 16.1. The Labute approximate surface area is 139 Å². The molecule has 0 amide bonds. The van der Waals surface area contributed by atoms with Crippen molar-refractivity contribution in [2.75, 3.05) is 0 Å². The van der Waals surface area contributed by atoms with Gasteiger partial charge in [0.25, 0.3) is 0 Å². The largest absolute Gasteiger partial charge is 0.354 e. The lowest BCUT2D eigenvalue weighted by Crippen LogP contribution is -1.82. The molecule has 0 atom stereocenters. The van der Waals surface area contributed by atoms with Crippen LogP contribution in [-0.4, -0.2) is 16.4 Å². The summed E-state index contributed by atoms with van der Waals surface area (Å²) in [6.07, 6.45) is 7.11. The summed E-state index contributed by atoms with van der Waals surface area (Å²) in [5.74, 6) is 0.580. The molecule has 3 rings (SSSR count). The SMILES string of the molecule is Cc1noc(/C=C/c2ccccn2)c1N=Cc1ccccc1Cl. The summed E-state index contributed by atoms with van der Waals surface area (Å²) in [4.78, 5) is 8.70. The van der Waals surface area contributed by atoms with Gasteiger partial charge in [-0.15, -0.1) is 0 Å². The van der Waals surface area contributed by atoms with Gasteiger partial charge in [0.1, 0.15) is 11.4 Å². The minimum Gasteiger partial charge on any atom is -0.354 e. The normalized spacial score (nSPS) is 11.6. The Morgan fingerprint density at radius 1 is 1.09 bits per heavy atom. The summed E-state index contributed by atoms with van der Waals surface area (Å²) in [5.41, 5.74) is 3.07. The van der Waals surface area contributed by atoms with E-state index < -0.39 is 0 Å². The third kappa shape index (κ3) is 3.73. The van der Waals surface area contributed by atoms with Crippen LogP contribution in [0.5, 0.6) is 0 Å². The molecule has 0 saturated heterocycles. The Hall–Kier alpha value is -2.72. The first-order valence-corrected chi connectivity index (χ1v) is 7.46. The number of nitrogens with zero attached hydrogens (tertiary/aromatic N) is 3. The second-order valence-electron chi connectivity index (χ2n) is 4.85. The van der Waals surface area contributed by atoms with Crippen LogP contribution in [0.3, 0.4) is 0 Å². The summed E-state index contributed by atoms with van der Waals surface area (Å²) in [6, 6.07) is 13.2. The third-order valence-electron chi connectivity index (χ3n) is 3.19. The molecule has 114 valence electrons. The van der Waals surface area contributed by atoms with E-state index in [1.54, 1.807) is 12.4 Å². The number of rotatable bonds is 4. The van der Waals surface area contributed by atoms with E-state index in [1.165, 1.54) is 0 Å². The van der Waals surface area contributed by atoms with Crippen LogP contribution >= 0.6 is 11.6 Å². The molecule has 0 N–H and O–H groups in total. The van der Waals surface area contributed by atoms with E-state index in [2.05, 4.69) is 15.1 Å². The predicted octanol–water partition coefficient (Wildman–Crippen LogP) is 4.95. The predicted molar refractivity (Wildman–Crippen MR) is 93.1 cm³/mol. The fourth-order valence-corrected chi connectivity index (χ4v) is 2.18. The average molecular weight is 324 g/mol. The summed E-state index contributed by atoms with van der Waals surface area (Å²) >= 11 is 6.13. The van der Waals surface area contributed by atoms with E-state index >= 15 is 0 Å². The van der Waals surface area contributed by atoms with Crippen LogP contribution < -0.4 is 0 Å². The molecule has 2 aromatic heterocycles. The van der Waals surface area contributed by atoms with Crippen LogP contribution in [0.25, 0.3) is 12.2 Å². The lowest BCUT2D eigenvalue weighted by atomic mass is 10.2. The van der Waals surface area contributed by atoms with E-state index in [0.29, 0.717) is 22.2 Å². The quantitative estimate of drug-likeness (QED) is 0.638. The molecule has 0 saturated carbocycles. The highest BCUT2D eigenvalue weighted by Gasteiger charge is 2.09. The van der Waals surface area contributed by atoms with Crippen LogP contribution in [0.15, 0.2) is 58.2 Å². The van der Waals surface area contributed by atoms with Crippen molar-refractivity contribution in [2.24, 2.45) is 4.99 Å². The second kappa shape index (κ2) is 7.03. The van der Waals surface area contributed by atoms with E-state index in [-0.39, 0.29) is 0 Å². The number of pyridine rings is 1. The summed E-state index contributed by atoms with van der Waals surface area (Å²) < 4.78 is 5.32. The van der Waals surface area contributed by atoms with Gasteiger partial charge in [-0.1, -0.05) is 41.0 Å². The molecule has 5 heteroatoms. The topological polar surface area (TPSA) is 51.3 Å². The first kappa shape index (κ1) is 15.2. The number of hydrogen-bond donors (Lipinski definition) is 0. The first-order valence-electron chi connectivity index (χ1n) is 7.08. The molecule has 3 aromatic rings. The van der Waals surface area contributed by atoms with Crippen molar-refractivity contribution in [3.05, 3.63) is 76.4 Å². The number of aromatic nitrogens is 2. The average Bonchev–Trinajstić information content (AvgIpc) is 2.93. The van der Waals surface area contributed by atoms with Crippen LogP contribution in [0, 0.1) is 6.92 Å². The number of halogens is 1. The molecule has 0 aliphatic rings. The van der Waals surface area contributed by atoms with Crippen molar-refractivity contribution in [3.8, 4) is 0 Å². The lowest BCUT2D eigenvalue weighted by Gasteiger charge is -1.96. The van der Waals surface area contributed by atoms with Crippen molar-refractivity contribution in [1.29, 1.82) is 0 Å². The molecular formula is C18H14ClN3O. The lowest BCUT2D eigenvalue weighted by molar-refractivity contribution is 0.408. The number of hydrogen-bond acceptors (Lipinski definition) is 4. The van der Waals surface area contributed by atoms with Crippen molar-refractivity contribution >= 4 is 35.7 Å². The highest BCUT2D eigenvalue weighted by atomic mass is 35.5. The summed E-state index contributed by atoms with van der Waals surface area (Å²) in [6.45, 7) is 1.85. The van der Waals surface area contributed by atoms with Gasteiger partial charge in [-0.3, -0.25) is 9.98 Å². The standard InChI is InChI=1S/C18H14ClN3O/c1-13-18(21-12-14-6-2-3-8-16(14)19)17(23-22-13)10-9-15-7-4-5-11-20-15/h2-12H,1H3/b10-9+,21-12?. The van der Waals surface area contributed by atoms with Crippen LogP contribution in [0.1, 0.15) is 22.7 Å². The first-order chi connectivity index (χ1) is 11.2. The molecule has 23 heavy (non-hydrogen) atoms. The highest BCUT2D eigenvalue weighted by molar-refractivity contribution is 6.33. The molecule has 0 fully saturated rings. The maximum Gasteiger partial charge on any atom is 0.185 e. The monoisotopic (exact) mass is 323 g/mol. The Morgan fingerprint density at radius 3 is 2.70 bits per heavy atom. The van der Waals surface area contributed by atoms with Crippen LogP contribution in [0.4, 0.5) is 5.69 Å². The highest BCUT2D eigenvalue weighted by Crippen LogP contribution is 2.26. The van der Waals surface area contributed by atoms with Gasteiger partial charge in [-0.25, -0.2) is 0 Å². The van der Waals surface area contributed by atoms with Crippen molar-refractivity contribution in [3.63, 3.8) is 0 Å². The Balaban J connectivity index is 1.87. The Kier molecular flexibility index (Phi) is 4.64. The van der Waals surface area contributed by atoms with E-state index in [9.17, 15) is 0 Å². The van der Waals surface area contributed by atoms with Gasteiger partial charge < -0.3 is 4.52 Å². The van der Waals surface area contributed by atoms with Gasteiger partial charge in [0, 0.05) is 23.0 Å². The molecule has 1 aromatic carbocycles. The molecule has 0 bridgehead atoms. The number of aryl methyl sites for hydroxylation is 1. The summed E-state index contributed by atoms with van der Waals surface area (Å²) in [7, 11) is 0. The molecule has 4 nitrogen and oxygen atoms in total. The molecule has 0 aliphatic heterocycles. The summed E-state index contributed by atoms with van der Waals surface area (Å²) in [5, 5.41) is 4.62. The molecule has 0 aliphatic carbocycles. The van der Waals surface area contributed by atoms with Crippen LogP contribution in [-0.2, 0) is 0 Å². The second-order valence-corrected chi connectivity index (χ2v) is 5.26. The van der Waals surface area contributed by atoms with Gasteiger partial charge >= 0.3 is 0 Å². The van der Waals surface area contributed by atoms with E-state index in [4.69, 9.17) is 16.1 Å². The van der Waals surface area contributed by atoms with Crippen molar-refractivity contribution in [1.82, 2.24) is 10.1 Å². The van der Waals surface area contributed by atoms with Gasteiger partial charge in [-0.05, 0) is 37.3 Å². The number of aliphatic imine (C=N–C) groups is 1. The molecule has 0 radical (unpaired) electrons.